The summed E-state index contributed by atoms with van der Waals surface area (Å²) in [4.78, 5) is 7.12. The number of thiazole rings is 1. The van der Waals surface area contributed by atoms with Crippen molar-refractivity contribution in [3.05, 3.63) is 24.3 Å². The van der Waals surface area contributed by atoms with Crippen LogP contribution in [0.3, 0.4) is 0 Å². The monoisotopic (exact) mass is 247 g/mol. The van der Waals surface area contributed by atoms with E-state index in [-0.39, 0.29) is 0 Å². The second-order valence-electron chi connectivity index (χ2n) is 4.54. The van der Waals surface area contributed by atoms with Gasteiger partial charge < -0.3 is 10.6 Å². The van der Waals surface area contributed by atoms with Gasteiger partial charge in [0.1, 0.15) is 0 Å². The van der Waals surface area contributed by atoms with Crippen molar-refractivity contribution in [2.45, 2.75) is 25.3 Å². The molecule has 1 aromatic heterocycles. The molecule has 0 saturated carbocycles. The number of aromatic nitrogens is 1. The highest BCUT2D eigenvalue weighted by Crippen LogP contribution is 2.32. The molecule has 0 amide bonds. The average molecular weight is 247 g/mol. The second-order valence-corrected chi connectivity index (χ2v) is 5.55. The lowest BCUT2D eigenvalue weighted by Gasteiger charge is -2.34. The number of fused-ring (bicyclic) bond motifs is 1. The Morgan fingerprint density at radius 3 is 3.06 bits per heavy atom. The summed E-state index contributed by atoms with van der Waals surface area (Å²) < 4.78 is 1.27. The molecule has 17 heavy (non-hydrogen) atoms. The Bertz CT molecular complexity index is 475. The summed E-state index contributed by atoms with van der Waals surface area (Å²) in [6.07, 6.45) is 3.75. The molecule has 1 saturated heterocycles. The van der Waals surface area contributed by atoms with Crippen LogP contribution in [0.15, 0.2) is 24.3 Å². The summed E-state index contributed by atoms with van der Waals surface area (Å²) in [6, 6.07) is 8.81. The van der Waals surface area contributed by atoms with Gasteiger partial charge in [-0.25, -0.2) is 4.98 Å². The average Bonchev–Trinajstić information content (AvgIpc) is 2.82. The van der Waals surface area contributed by atoms with Gasteiger partial charge >= 0.3 is 0 Å². The molecule has 1 fully saturated rings. The summed E-state index contributed by atoms with van der Waals surface area (Å²) >= 11 is 1.78. The molecule has 0 spiro atoms. The standard InChI is InChI=1S/C13H17N3S/c14-9-10-5-3-4-8-16(10)13-15-11-6-1-2-7-12(11)17-13/h1-2,6-7,10H,3-5,8-9,14H2. The molecule has 1 aliphatic heterocycles. The predicted octanol–water partition coefficient (Wildman–Crippen LogP) is 2.61. The van der Waals surface area contributed by atoms with E-state index in [0.717, 1.165) is 23.7 Å². The number of hydrogen-bond donors (Lipinski definition) is 1. The van der Waals surface area contributed by atoms with Crippen molar-refractivity contribution in [3.8, 4) is 0 Å². The van der Waals surface area contributed by atoms with Gasteiger partial charge in [-0.05, 0) is 31.4 Å². The quantitative estimate of drug-likeness (QED) is 0.887. The fraction of sp³-hybridized carbons (Fsp3) is 0.462. The normalized spacial score (nSPS) is 21.0. The second kappa shape index (κ2) is 4.63. The number of rotatable bonds is 2. The molecule has 1 unspecified atom stereocenters. The number of benzene rings is 1. The molecule has 3 rings (SSSR count). The van der Waals surface area contributed by atoms with Crippen LogP contribution in [0.5, 0.6) is 0 Å². The number of piperidine rings is 1. The largest absolute Gasteiger partial charge is 0.344 e. The number of anilines is 1. The molecule has 4 heteroatoms. The lowest BCUT2D eigenvalue weighted by molar-refractivity contribution is 0.465. The van der Waals surface area contributed by atoms with Crippen LogP contribution in [-0.2, 0) is 0 Å². The van der Waals surface area contributed by atoms with E-state index < -0.39 is 0 Å². The highest BCUT2D eigenvalue weighted by molar-refractivity contribution is 7.22. The van der Waals surface area contributed by atoms with Crippen LogP contribution in [0.1, 0.15) is 19.3 Å². The Labute approximate surface area is 105 Å². The first-order valence-electron chi connectivity index (χ1n) is 6.21. The van der Waals surface area contributed by atoms with Gasteiger partial charge in [-0.1, -0.05) is 23.5 Å². The number of hydrogen-bond acceptors (Lipinski definition) is 4. The molecular weight excluding hydrogens is 230 g/mol. The summed E-state index contributed by atoms with van der Waals surface area (Å²) in [6.45, 7) is 1.83. The van der Waals surface area contributed by atoms with Crippen molar-refractivity contribution in [2.24, 2.45) is 5.73 Å². The van der Waals surface area contributed by atoms with Gasteiger partial charge in [-0.2, -0.15) is 0 Å². The Balaban J connectivity index is 1.96. The Morgan fingerprint density at radius 2 is 2.24 bits per heavy atom. The summed E-state index contributed by atoms with van der Waals surface area (Å²) in [7, 11) is 0. The van der Waals surface area contributed by atoms with E-state index >= 15 is 0 Å². The van der Waals surface area contributed by atoms with E-state index in [4.69, 9.17) is 10.7 Å². The first-order valence-corrected chi connectivity index (χ1v) is 7.02. The molecule has 0 aliphatic carbocycles. The van der Waals surface area contributed by atoms with E-state index in [1.807, 2.05) is 6.07 Å². The van der Waals surface area contributed by atoms with Crippen LogP contribution in [0.4, 0.5) is 5.13 Å². The summed E-state index contributed by atoms with van der Waals surface area (Å²) in [5.41, 5.74) is 6.97. The van der Waals surface area contributed by atoms with Crippen molar-refractivity contribution >= 4 is 26.7 Å². The van der Waals surface area contributed by atoms with Crippen LogP contribution in [0.2, 0.25) is 0 Å². The Morgan fingerprint density at radius 1 is 1.35 bits per heavy atom. The van der Waals surface area contributed by atoms with Crippen molar-refractivity contribution < 1.29 is 0 Å². The molecule has 0 bridgehead atoms. The van der Waals surface area contributed by atoms with Crippen molar-refractivity contribution in [1.29, 1.82) is 0 Å². The van der Waals surface area contributed by atoms with Gasteiger partial charge in [-0.3, -0.25) is 0 Å². The van der Waals surface area contributed by atoms with E-state index in [2.05, 4.69) is 23.1 Å². The zero-order chi connectivity index (χ0) is 11.7. The minimum Gasteiger partial charge on any atom is -0.344 e. The first-order chi connectivity index (χ1) is 8.38. The molecule has 90 valence electrons. The maximum Gasteiger partial charge on any atom is 0.186 e. The highest BCUT2D eigenvalue weighted by atomic mass is 32.1. The van der Waals surface area contributed by atoms with Crippen molar-refractivity contribution in [3.63, 3.8) is 0 Å². The number of para-hydroxylation sites is 1. The highest BCUT2D eigenvalue weighted by Gasteiger charge is 2.23. The zero-order valence-electron chi connectivity index (χ0n) is 9.80. The topological polar surface area (TPSA) is 42.1 Å². The summed E-state index contributed by atoms with van der Waals surface area (Å²) in [5.74, 6) is 0. The molecule has 0 radical (unpaired) electrons. The first kappa shape index (κ1) is 11.0. The third-order valence-electron chi connectivity index (χ3n) is 3.43. The molecular formula is C13H17N3S. The minimum absolute atomic E-state index is 0.476. The van der Waals surface area contributed by atoms with Gasteiger partial charge in [0.15, 0.2) is 5.13 Å². The third kappa shape index (κ3) is 2.03. The van der Waals surface area contributed by atoms with Crippen LogP contribution in [0.25, 0.3) is 10.2 Å². The molecule has 3 nitrogen and oxygen atoms in total. The lowest BCUT2D eigenvalue weighted by Crippen LogP contribution is -2.44. The molecule has 1 atom stereocenters. The minimum atomic E-state index is 0.476. The summed E-state index contributed by atoms with van der Waals surface area (Å²) in [5, 5.41) is 1.14. The van der Waals surface area contributed by atoms with E-state index in [9.17, 15) is 0 Å². The van der Waals surface area contributed by atoms with Gasteiger partial charge in [0.2, 0.25) is 0 Å². The van der Waals surface area contributed by atoms with Crippen LogP contribution in [-0.4, -0.2) is 24.1 Å². The van der Waals surface area contributed by atoms with Crippen LogP contribution >= 0.6 is 11.3 Å². The lowest BCUT2D eigenvalue weighted by atomic mass is 10.0. The van der Waals surface area contributed by atoms with E-state index in [1.54, 1.807) is 11.3 Å². The zero-order valence-corrected chi connectivity index (χ0v) is 10.6. The fourth-order valence-corrected chi connectivity index (χ4v) is 3.54. The van der Waals surface area contributed by atoms with E-state index in [1.165, 1.54) is 24.0 Å². The van der Waals surface area contributed by atoms with Gasteiger partial charge in [-0.15, -0.1) is 0 Å². The Hall–Kier alpha value is -1.13. The SMILES string of the molecule is NCC1CCCCN1c1nc2ccccc2s1. The third-order valence-corrected chi connectivity index (χ3v) is 4.50. The van der Waals surface area contributed by atoms with Crippen LogP contribution in [0, 0.1) is 0 Å². The molecule has 2 aromatic rings. The Kier molecular flexibility index (Phi) is 2.99. The molecule has 1 aliphatic rings. The number of nitrogens with zero attached hydrogens (tertiary/aromatic N) is 2. The predicted molar refractivity (Wildman–Crippen MR) is 73.7 cm³/mol. The van der Waals surface area contributed by atoms with E-state index in [0.29, 0.717) is 6.04 Å². The molecule has 2 heterocycles. The smallest absolute Gasteiger partial charge is 0.186 e. The molecule has 1 aromatic carbocycles. The van der Waals surface area contributed by atoms with Gasteiger partial charge in [0, 0.05) is 19.1 Å². The van der Waals surface area contributed by atoms with Crippen molar-refractivity contribution in [1.82, 2.24) is 4.98 Å². The van der Waals surface area contributed by atoms with Gasteiger partial charge in [0.25, 0.3) is 0 Å². The van der Waals surface area contributed by atoms with Gasteiger partial charge in [0.05, 0.1) is 10.2 Å². The van der Waals surface area contributed by atoms with Crippen molar-refractivity contribution in [2.75, 3.05) is 18.0 Å². The molecule has 2 N–H and O–H groups in total. The number of nitrogens with two attached hydrogens (primary N) is 1. The fourth-order valence-electron chi connectivity index (χ4n) is 2.48. The maximum absolute atomic E-state index is 5.86. The van der Waals surface area contributed by atoms with Crippen LogP contribution < -0.4 is 10.6 Å². The maximum atomic E-state index is 5.86.